The zero-order chi connectivity index (χ0) is 8.97. The van der Waals surface area contributed by atoms with Gasteiger partial charge >= 0.3 is 89.2 Å². The van der Waals surface area contributed by atoms with E-state index in [2.05, 4.69) is 0 Å². The molecule has 1 rings (SSSR count). The third kappa shape index (κ3) is 3.55. The van der Waals surface area contributed by atoms with Crippen molar-refractivity contribution >= 4 is 34.7 Å². The van der Waals surface area contributed by atoms with Crippen LogP contribution in [0.1, 0.15) is 0 Å². The number of halogens is 2. The van der Waals surface area contributed by atoms with Gasteiger partial charge in [0.05, 0.1) is 0 Å². The molecule has 0 atom stereocenters. The molecule has 1 aromatic carbocycles. The van der Waals surface area contributed by atoms with Crippen molar-refractivity contribution in [2.45, 2.75) is 4.90 Å². The van der Waals surface area contributed by atoms with E-state index in [-0.39, 0.29) is 0 Å². The summed E-state index contributed by atoms with van der Waals surface area (Å²) in [7, 11) is 11.4. The molecule has 0 amide bonds. The van der Waals surface area contributed by atoms with E-state index in [1.54, 1.807) is 0 Å². The summed E-state index contributed by atoms with van der Waals surface area (Å²) in [4.78, 5) is 1.08. The monoisotopic (exact) mass is 309 g/mol. The van der Waals surface area contributed by atoms with Crippen LogP contribution in [-0.4, -0.2) is 3.56 Å². The summed E-state index contributed by atoms with van der Waals surface area (Å²) in [5.41, 5.74) is 5.63. The van der Waals surface area contributed by atoms with Crippen LogP contribution in [0.15, 0.2) is 35.2 Å². The van der Waals surface area contributed by atoms with Gasteiger partial charge in [-0.3, -0.25) is 0 Å². The molecule has 0 aromatic heterocycles. The minimum atomic E-state index is -1.87. The Bertz CT molecular complexity index is 285. The molecule has 0 spiro atoms. The zero-order valence-electron chi connectivity index (χ0n) is 5.98. The predicted molar refractivity (Wildman–Crippen MR) is 53.2 cm³/mol. The van der Waals surface area contributed by atoms with Crippen LogP contribution in [0.25, 0.3) is 0 Å². The fourth-order valence-electron chi connectivity index (χ4n) is 0.626. The maximum atomic E-state index is 5.70. The maximum absolute atomic E-state index is 5.70. The molecule has 0 aliphatic rings. The fourth-order valence-corrected chi connectivity index (χ4v) is 3.18. The van der Waals surface area contributed by atoms with E-state index < -0.39 is 13.5 Å². The first kappa shape index (κ1) is 10.7. The third-order valence-electron chi connectivity index (χ3n) is 1.09. The molecule has 0 heterocycles. The van der Waals surface area contributed by atoms with E-state index >= 15 is 0 Å². The van der Waals surface area contributed by atoms with Crippen LogP contribution in [0.3, 0.4) is 0 Å². The Hall–Kier alpha value is 0.603. The Labute approximate surface area is 88.7 Å². The van der Waals surface area contributed by atoms with Crippen LogP contribution in [0.2, 0.25) is 0 Å². The SMILES string of the molecule is N[C](Sc1ccccc1)=[Ru]([Cl])[Cl]. The quantitative estimate of drug-likeness (QED) is 0.671. The summed E-state index contributed by atoms with van der Waals surface area (Å²) < 4.78 is 0.648. The molecule has 0 fully saturated rings. The molecule has 12 heavy (non-hydrogen) atoms. The first-order valence-corrected chi connectivity index (χ1v) is 9.21. The van der Waals surface area contributed by atoms with Crippen molar-refractivity contribution in [1.82, 2.24) is 0 Å². The average Bonchev–Trinajstić information content (AvgIpc) is 2.06. The van der Waals surface area contributed by atoms with E-state index in [9.17, 15) is 0 Å². The zero-order valence-corrected chi connectivity index (χ0v) is 10.0. The predicted octanol–water partition coefficient (Wildman–Crippen LogP) is 2.75. The van der Waals surface area contributed by atoms with Crippen LogP contribution in [0.5, 0.6) is 0 Å². The van der Waals surface area contributed by atoms with E-state index in [0.717, 1.165) is 4.90 Å². The summed E-state index contributed by atoms with van der Waals surface area (Å²) in [5, 5.41) is 0. The van der Waals surface area contributed by atoms with Crippen molar-refractivity contribution in [2.24, 2.45) is 5.73 Å². The standard InChI is InChI=1S/C7H7NS.2ClH.Ru/c8-6-9-7-4-2-1-3-5-7;;;/h1-5H,8H2;2*1H;/q;;;+2/p-2. The third-order valence-corrected chi connectivity index (χ3v) is 6.46. The van der Waals surface area contributed by atoms with Gasteiger partial charge in [-0.15, -0.1) is 0 Å². The summed E-state index contributed by atoms with van der Waals surface area (Å²) in [6.07, 6.45) is 0. The van der Waals surface area contributed by atoms with Crippen LogP contribution >= 0.6 is 31.1 Å². The number of benzene rings is 1. The number of thioether (sulfide) groups is 1. The van der Waals surface area contributed by atoms with Crippen molar-refractivity contribution in [3.63, 3.8) is 0 Å². The van der Waals surface area contributed by atoms with Gasteiger partial charge in [0.15, 0.2) is 0 Å². The van der Waals surface area contributed by atoms with Gasteiger partial charge in [-0.05, 0) is 0 Å². The Balaban J connectivity index is 2.72. The molecule has 0 unspecified atom stereocenters. The van der Waals surface area contributed by atoms with Crippen LogP contribution < -0.4 is 5.73 Å². The number of hydrogen-bond acceptors (Lipinski definition) is 2. The van der Waals surface area contributed by atoms with Gasteiger partial charge in [-0.25, -0.2) is 0 Å². The first-order valence-electron chi connectivity index (χ1n) is 3.05. The molecule has 1 nitrogen and oxygen atoms in total. The molecule has 0 saturated heterocycles. The minimum absolute atomic E-state index is 0.648. The van der Waals surface area contributed by atoms with Crippen LogP contribution in [-0.2, 0) is 13.5 Å². The van der Waals surface area contributed by atoms with Gasteiger partial charge < -0.3 is 0 Å². The second-order valence-corrected chi connectivity index (χ2v) is 9.39. The second kappa shape index (κ2) is 5.36. The molecule has 2 N–H and O–H groups in total. The van der Waals surface area contributed by atoms with E-state index in [1.165, 1.54) is 11.8 Å². The number of nitrogens with two attached hydrogens (primary N) is 1. The van der Waals surface area contributed by atoms with Crippen molar-refractivity contribution in [2.75, 3.05) is 0 Å². The first-order chi connectivity index (χ1) is 5.70. The molecular formula is C7H7Cl2NRuS. The molecule has 5 heteroatoms. The molecule has 1 aromatic rings. The van der Waals surface area contributed by atoms with Gasteiger partial charge in [-0.1, -0.05) is 0 Å². The van der Waals surface area contributed by atoms with Crippen molar-refractivity contribution in [3.8, 4) is 0 Å². The van der Waals surface area contributed by atoms with E-state index in [0.29, 0.717) is 3.56 Å². The second-order valence-electron chi connectivity index (χ2n) is 1.89. The number of rotatable bonds is 2. The van der Waals surface area contributed by atoms with Gasteiger partial charge in [0.2, 0.25) is 0 Å². The van der Waals surface area contributed by atoms with Crippen LogP contribution in [0.4, 0.5) is 0 Å². The molecule has 0 saturated carbocycles. The topological polar surface area (TPSA) is 26.0 Å². The van der Waals surface area contributed by atoms with Crippen molar-refractivity contribution in [3.05, 3.63) is 30.3 Å². The number of hydrogen-bond donors (Lipinski definition) is 1. The summed E-state index contributed by atoms with van der Waals surface area (Å²) in [6.45, 7) is 0. The summed E-state index contributed by atoms with van der Waals surface area (Å²) >= 11 is -0.426. The average molecular weight is 309 g/mol. The van der Waals surface area contributed by atoms with Gasteiger partial charge in [0, 0.05) is 0 Å². The summed E-state index contributed by atoms with van der Waals surface area (Å²) in [5.74, 6) is 0. The molecule has 0 radical (unpaired) electrons. The van der Waals surface area contributed by atoms with Crippen LogP contribution in [0, 0.1) is 0 Å². The van der Waals surface area contributed by atoms with Gasteiger partial charge in [-0.2, -0.15) is 0 Å². The molecule has 0 aliphatic heterocycles. The van der Waals surface area contributed by atoms with E-state index in [4.69, 9.17) is 25.1 Å². The Morgan fingerprint density at radius 1 is 1.25 bits per heavy atom. The normalized spacial score (nSPS) is 11.1. The molecule has 68 valence electrons. The van der Waals surface area contributed by atoms with Crippen molar-refractivity contribution in [1.29, 1.82) is 0 Å². The Morgan fingerprint density at radius 2 is 1.83 bits per heavy atom. The fraction of sp³-hybridized carbons (Fsp3) is 0. The Kier molecular flexibility index (Phi) is 4.77. The molecule has 0 aliphatic carbocycles. The summed E-state index contributed by atoms with van der Waals surface area (Å²) in [6, 6.07) is 9.81. The van der Waals surface area contributed by atoms with Gasteiger partial charge in [0.1, 0.15) is 0 Å². The molecule has 0 bridgehead atoms. The molecular weight excluding hydrogens is 302 g/mol. The Morgan fingerprint density at radius 3 is 2.33 bits per heavy atom. The van der Waals surface area contributed by atoms with Gasteiger partial charge in [0.25, 0.3) is 0 Å². The van der Waals surface area contributed by atoms with E-state index in [1.807, 2.05) is 30.3 Å². The van der Waals surface area contributed by atoms with Crippen molar-refractivity contribution < 1.29 is 13.5 Å².